The van der Waals surface area contributed by atoms with Gasteiger partial charge in [0.2, 0.25) is 5.88 Å². The maximum absolute atomic E-state index is 14.0. The molecule has 8 heteroatoms. The molecule has 2 aromatic heterocycles. The van der Waals surface area contributed by atoms with Crippen molar-refractivity contribution in [2.45, 2.75) is 13.5 Å². The summed E-state index contributed by atoms with van der Waals surface area (Å²) in [5.41, 5.74) is 0.886. The van der Waals surface area contributed by atoms with E-state index in [0.717, 1.165) is 6.07 Å². The summed E-state index contributed by atoms with van der Waals surface area (Å²) in [6.07, 6.45) is 1.31. The summed E-state index contributed by atoms with van der Waals surface area (Å²) < 4.78 is 42.8. The van der Waals surface area contributed by atoms with Gasteiger partial charge in [-0.25, -0.2) is 18.6 Å². The van der Waals surface area contributed by atoms with Crippen LogP contribution in [0.5, 0.6) is 5.88 Å². The zero-order valence-corrected chi connectivity index (χ0v) is 14.0. The Hall–Kier alpha value is -3.29. The molecule has 0 unspecified atom stereocenters. The van der Waals surface area contributed by atoms with Gasteiger partial charge in [0.15, 0.2) is 11.6 Å². The van der Waals surface area contributed by atoms with E-state index in [-0.39, 0.29) is 29.3 Å². The molecule has 0 atom stereocenters. The fraction of sp³-hybridized carbons (Fsp3) is 0.167. The number of hydrogen-bond donors (Lipinski definition) is 0. The lowest BCUT2D eigenvalue weighted by Crippen LogP contribution is -2.04. The molecule has 0 saturated heterocycles. The topological polar surface area (TPSA) is 74.5 Å². The van der Waals surface area contributed by atoms with Crippen LogP contribution >= 0.6 is 0 Å². The van der Waals surface area contributed by atoms with Crippen LogP contribution in [0.4, 0.5) is 8.78 Å². The Morgan fingerprint density at radius 3 is 2.73 bits per heavy atom. The summed E-state index contributed by atoms with van der Waals surface area (Å²) in [4.78, 5) is 15.4. The first kappa shape index (κ1) is 17.5. The van der Waals surface area contributed by atoms with Crippen molar-refractivity contribution in [1.29, 1.82) is 0 Å². The molecule has 0 amide bonds. The molecule has 0 N–H and O–H groups in total. The molecule has 0 aliphatic heterocycles. The minimum Gasteiger partial charge on any atom is -0.473 e. The van der Waals surface area contributed by atoms with E-state index in [1.165, 1.54) is 37.6 Å². The van der Waals surface area contributed by atoms with Gasteiger partial charge in [-0.15, -0.1) is 0 Å². The van der Waals surface area contributed by atoms with Crippen molar-refractivity contribution < 1.29 is 27.6 Å². The molecule has 2 heterocycles. The predicted octanol–water partition coefficient (Wildman–Crippen LogP) is 3.69. The first-order valence-corrected chi connectivity index (χ1v) is 7.58. The number of pyridine rings is 1. The third-order valence-corrected chi connectivity index (χ3v) is 3.71. The highest BCUT2D eigenvalue weighted by Gasteiger charge is 2.20. The number of carbonyl (C=O) groups excluding carboxylic acids is 1. The van der Waals surface area contributed by atoms with Gasteiger partial charge in [0.1, 0.15) is 18.1 Å². The molecule has 0 spiro atoms. The number of aromatic nitrogens is 2. The lowest BCUT2D eigenvalue weighted by Gasteiger charge is -2.07. The van der Waals surface area contributed by atoms with Crippen molar-refractivity contribution in [1.82, 2.24) is 10.1 Å². The Morgan fingerprint density at radius 2 is 2.04 bits per heavy atom. The van der Waals surface area contributed by atoms with Gasteiger partial charge in [0.25, 0.3) is 0 Å². The van der Waals surface area contributed by atoms with Crippen molar-refractivity contribution in [3.8, 4) is 17.1 Å². The van der Waals surface area contributed by atoms with Crippen LogP contribution in [0.3, 0.4) is 0 Å². The van der Waals surface area contributed by atoms with Crippen LogP contribution in [-0.4, -0.2) is 23.2 Å². The molecule has 0 fully saturated rings. The summed E-state index contributed by atoms with van der Waals surface area (Å²) in [7, 11) is 1.27. The number of esters is 1. The van der Waals surface area contributed by atoms with Crippen molar-refractivity contribution in [3.05, 3.63) is 65.1 Å². The van der Waals surface area contributed by atoms with Gasteiger partial charge < -0.3 is 14.0 Å². The number of nitrogens with zero attached hydrogens (tertiary/aromatic N) is 2. The maximum atomic E-state index is 14.0. The van der Waals surface area contributed by atoms with Crippen LogP contribution < -0.4 is 4.74 Å². The van der Waals surface area contributed by atoms with Gasteiger partial charge in [0, 0.05) is 17.8 Å². The smallest absolute Gasteiger partial charge is 0.339 e. The van der Waals surface area contributed by atoms with E-state index in [2.05, 4.69) is 14.9 Å². The standard InChI is InChI=1S/C18H14F2N2O4/c1-10-13(9-25-15-7-6-11(8-21-15)18(23)24-2)17(22-26-10)12-4-3-5-14(19)16(12)20/h3-8H,9H2,1-2H3. The summed E-state index contributed by atoms with van der Waals surface area (Å²) in [5, 5.41) is 3.81. The minimum atomic E-state index is -1.01. The van der Waals surface area contributed by atoms with Gasteiger partial charge in [0.05, 0.1) is 18.2 Å². The molecule has 0 aliphatic carbocycles. The second-order valence-electron chi connectivity index (χ2n) is 5.33. The van der Waals surface area contributed by atoms with E-state index < -0.39 is 17.6 Å². The second kappa shape index (κ2) is 7.30. The average Bonchev–Trinajstić information content (AvgIpc) is 3.02. The number of rotatable bonds is 5. The van der Waals surface area contributed by atoms with E-state index in [0.29, 0.717) is 11.3 Å². The third kappa shape index (κ3) is 3.39. The molecule has 3 aromatic rings. The number of benzene rings is 1. The van der Waals surface area contributed by atoms with E-state index >= 15 is 0 Å². The number of aryl methyl sites for hydroxylation is 1. The average molecular weight is 360 g/mol. The largest absolute Gasteiger partial charge is 0.473 e. The normalized spacial score (nSPS) is 10.6. The Kier molecular flexibility index (Phi) is 4.92. The zero-order chi connectivity index (χ0) is 18.7. The van der Waals surface area contributed by atoms with Crippen LogP contribution in [0, 0.1) is 18.6 Å². The van der Waals surface area contributed by atoms with Gasteiger partial charge >= 0.3 is 5.97 Å². The molecule has 134 valence electrons. The lowest BCUT2D eigenvalue weighted by atomic mass is 10.1. The number of hydrogen-bond acceptors (Lipinski definition) is 6. The monoisotopic (exact) mass is 360 g/mol. The molecule has 1 aromatic carbocycles. The molecule has 3 rings (SSSR count). The van der Waals surface area contributed by atoms with E-state index in [9.17, 15) is 13.6 Å². The van der Waals surface area contributed by atoms with Crippen LogP contribution in [0.2, 0.25) is 0 Å². The molecule has 0 aliphatic rings. The van der Waals surface area contributed by atoms with Crippen molar-refractivity contribution >= 4 is 5.97 Å². The Labute approximate surface area is 147 Å². The summed E-state index contributed by atoms with van der Waals surface area (Å²) in [6.45, 7) is 1.62. The molecule has 26 heavy (non-hydrogen) atoms. The van der Waals surface area contributed by atoms with Crippen LogP contribution in [0.25, 0.3) is 11.3 Å². The quantitative estimate of drug-likeness (QED) is 0.646. The van der Waals surface area contributed by atoms with Crippen molar-refractivity contribution in [2.24, 2.45) is 0 Å². The molecule has 0 saturated carbocycles. The minimum absolute atomic E-state index is 0.0190. The maximum Gasteiger partial charge on any atom is 0.339 e. The highest BCUT2D eigenvalue weighted by atomic mass is 19.2. The summed E-state index contributed by atoms with van der Waals surface area (Å²) >= 11 is 0. The highest BCUT2D eigenvalue weighted by Crippen LogP contribution is 2.29. The van der Waals surface area contributed by atoms with Gasteiger partial charge in [-0.3, -0.25) is 0 Å². The number of carbonyl (C=O) groups is 1. The number of methoxy groups -OCH3 is 1. The van der Waals surface area contributed by atoms with Gasteiger partial charge in [-0.1, -0.05) is 11.2 Å². The number of halogens is 2. The molecule has 6 nitrogen and oxygen atoms in total. The Bertz CT molecular complexity index is 939. The summed E-state index contributed by atoms with van der Waals surface area (Å²) in [6, 6.07) is 6.81. The zero-order valence-electron chi connectivity index (χ0n) is 14.0. The van der Waals surface area contributed by atoms with Gasteiger partial charge in [-0.2, -0.15) is 0 Å². The Balaban J connectivity index is 1.82. The third-order valence-electron chi connectivity index (χ3n) is 3.71. The first-order chi connectivity index (χ1) is 12.5. The van der Waals surface area contributed by atoms with Crippen LogP contribution in [0.15, 0.2) is 41.1 Å². The first-order valence-electron chi connectivity index (χ1n) is 7.58. The van der Waals surface area contributed by atoms with E-state index in [4.69, 9.17) is 9.26 Å². The SMILES string of the molecule is COC(=O)c1ccc(OCc2c(-c3cccc(F)c3F)noc2C)nc1. The van der Waals surface area contributed by atoms with E-state index in [1.807, 2.05) is 0 Å². The van der Waals surface area contributed by atoms with E-state index in [1.54, 1.807) is 6.92 Å². The van der Waals surface area contributed by atoms with Crippen molar-refractivity contribution in [2.75, 3.05) is 7.11 Å². The number of ether oxygens (including phenoxy) is 2. The lowest BCUT2D eigenvalue weighted by molar-refractivity contribution is 0.0600. The molecule has 0 radical (unpaired) electrons. The fourth-order valence-electron chi connectivity index (χ4n) is 2.31. The second-order valence-corrected chi connectivity index (χ2v) is 5.33. The van der Waals surface area contributed by atoms with Crippen LogP contribution in [0.1, 0.15) is 21.7 Å². The molecule has 0 bridgehead atoms. The fourth-order valence-corrected chi connectivity index (χ4v) is 2.31. The summed E-state index contributed by atoms with van der Waals surface area (Å²) in [5.74, 6) is -1.85. The van der Waals surface area contributed by atoms with Crippen LogP contribution in [-0.2, 0) is 11.3 Å². The predicted molar refractivity (Wildman–Crippen MR) is 86.5 cm³/mol. The van der Waals surface area contributed by atoms with Gasteiger partial charge in [-0.05, 0) is 25.1 Å². The van der Waals surface area contributed by atoms with Crippen molar-refractivity contribution in [3.63, 3.8) is 0 Å². The molecular weight excluding hydrogens is 346 g/mol. The molecular formula is C18H14F2N2O4. The highest BCUT2D eigenvalue weighted by molar-refractivity contribution is 5.88. The Morgan fingerprint density at radius 1 is 1.23 bits per heavy atom.